The number of rotatable bonds is 3. The zero-order valence-electron chi connectivity index (χ0n) is 16.4. The summed E-state index contributed by atoms with van der Waals surface area (Å²) in [5, 5.41) is 9.11. The van der Waals surface area contributed by atoms with Crippen LogP contribution in [-0.4, -0.2) is 41.2 Å². The Balaban J connectivity index is 1.95. The lowest BCUT2D eigenvalue weighted by Gasteiger charge is -2.10. The van der Waals surface area contributed by atoms with Gasteiger partial charge in [-0.05, 0) is 18.2 Å². The van der Waals surface area contributed by atoms with Crippen LogP contribution in [0, 0.1) is 5.82 Å². The Morgan fingerprint density at radius 2 is 1.97 bits per heavy atom. The molecule has 0 fully saturated rings. The first-order valence-electron chi connectivity index (χ1n) is 9.05. The van der Waals surface area contributed by atoms with Crippen molar-refractivity contribution in [2.24, 2.45) is 14.1 Å². The number of fused-ring (bicyclic) bond motifs is 3. The molecule has 5 aromatic rings. The lowest BCUT2D eigenvalue weighted by molar-refractivity contribution is 0.417. The molecule has 1 aromatic carbocycles. The molecule has 30 heavy (non-hydrogen) atoms. The molecule has 0 radical (unpaired) electrons. The zero-order valence-corrected chi connectivity index (χ0v) is 16.4. The summed E-state index contributed by atoms with van der Waals surface area (Å²) in [5.74, 6) is -0.110. The molecule has 9 nitrogen and oxygen atoms in total. The van der Waals surface area contributed by atoms with E-state index in [2.05, 4.69) is 20.2 Å². The summed E-state index contributed by atoms with van der Waals surface area (Å²) >= 11 is 0. The molecule has 10 heteroatoms. The monoisotopic (exact) mass is 405 g/mol. The summed E-state index contributed by atoms with van der Waals surface area (Å²) in [6.07, 6.45) is 4.65. The van der Waals surface area contributed by atoms with Gasteiger partial charge in [-0.15, -0.1) is 0 Å². The average molecular weight is 405 g/mol. The summed E-state index contributed by atoms with van der Waals surface area (Å²) in [4.78, 5) is 23.0. The topological polar surface area (TPSA) is 92.7 Å². The summed E-state index contributed by atoms with van der Waals surface area (Å²) < 4.78 is 22.8. The molecule has 150 valence electrons. The number of nitrogens with zero attached hydrogens (tertiary/aromatic N) is 7. The van der Waals surface area contributed by atoms with Crippen LogP contribution < -0.4 is 10.4 Å². The maximum absolute atomic E-state index is 14.6. The molecule has 0 saturated carbocycles. The van der Waals surface area contributed by atoms with Crippen LogP contribution in [0.25, 0.3) is 39.0 Å². The second-order valence-corrected chi connectivity index (χ2v) is 6.77. The standard InChI is InChI=1S/C20H16FN7O2/c1-26-16-10-23-14-8-17(30-3)11(15-9-24-27(2)25-15)7-12(14)18(16)28(20(26)29)19-13(21)5-4-6-22-19/h4-10H,1-3H3. The van der Waals surface area contributed by atoms with Crippen LogP contribution in [0.5, 0.6) is 5.75 Å². The van der Waals surface area contributed by atoms with Crippen molar-refractivity contribution in [2.75, 3.05) is 7.11 Å². The van der Waals surface area contributed by atoms with Gasteiger partial charge in [0, 0.05) is 37.3 Å². The fourth-order valence-electron chi connectivity index (χ4n) is 3.60. The molecule has 0 aliphatic carbocycles. The zero-order chi connectivity index (χ0) is 21.0. The highest BCUT2D eigenvalue weighted by Crippen LogP contribution is 2.35. The minimum absolute atomic E-state index is 0.0718. The van der Waals surface area contributed by atoms with E-state index in [-0.39, 0.29) is 5.82 Å². The Hall–Kier alpha value is -4.08. The van der Waals surface area contributed by atoms with Crippen molar-refractivity contribution < 1.29 is 9.13 Å². The summed E-state index contributed by atoms with van der Waals surface area (Å²) in [5.41, 5.74) is 2.49. The highest BCUT2D eigenvalue weighted by molar-refractivity contribution is 6.05. The number of pyridine rings is 2. The Kier molecular flexibility index (Phi) is 3.88. The highest BCUT2D eigenvalue weighted by atomic mass is 19.1. The highest BCUT2D eigenvalue weighted by Gasteiger charge is 2.21. The minimum Gasteiger partial charge on any atom is -0.496 e. The van der Waals surface area contributed by atoms with E-state index in [1.807, 2.05) is 6.07 Å². The average Bonchev–Trinajstić information content (AvgIpc) is 3.29. The molecule has 0 N–H and O–H groups in total. The van der Waals surface area contributed by atoms with Gasteiger partial charge in [0.15, 0.2) is 11.6 Å². The minimum atomic E-state index is -0.597. The van der Waals surface area contributed by atoms with Crippen molar-refractivity contribution in [3.05, 3.63) is 59.2 Å². The van der Waals surface area contributed by atoms with Crippen LogP contribution in [0.2, 0.25) is 0 Å². The van der Waals surface area contributed by atoms with E-state index in [1.54, 1.807) is 39.7 Å². The SMILES string of the molecule is COc1cc2ncc3c(c2cc1-c1cnn(C)n1)n(-c1ncccc1F)c(=O)n3C. The smallest absolute Gasteiger partial charge is 0.334 e. The predicted molar refractivity (Wildman–Crippen MR) is 108 cm³/mol. The van der Waals surface area contributed by atoms with Crippen LogP contribution in [0.1, 0.15) is 0 Å². The van der Waals surface area contributed by atoms with E-state index in [4.69, 9.17) is 4.74 Å². The maximum atomic E-state index is 14.6. The first-order valence-corrected chi connectivity index (χ1v) is 9.05. The molecule has 4 aromatic heterocycles. The van der Waals surface area contributed by atoms with Crippen molar-refractivity contribution in [3.63, 3.8) is 0 Å². The molecule has 0 atom stereocenters. The van der Waals surface area contributed by atoms with E-state index >= 15 is 0 Å². The maximum Gasteiger partial charge on any atom is 0.334 e. The molecule has 0 unspecified atom stereocenters. The molecule has 0 spiro atoms. The number of imidazole rings is 1. The molecule has 0 amide bonds. The van der Waals surface area contributed by atoms with Gasteiger partial charge < -0.3 is 4.74 Å². The van der Waals surface area contributed by atoms with E-state index in [0.29, 0.717) is 38.9 Å². The number of aromatic nitrogens is 7. The number of hydrogen-bond donors (Lipinski definition) is 0. The van der Waals surface area contributed by atoms with Crippen molar-refractivity contribution >= 4 is 21.9 Å². The van der Waals surface area contributed by atoms with E-state index in [9.17, 15) is 9.18 Å². The van der Waals surface area contributed by atoms with E-state index in [1.165, 1.54) is 32.3 Å². The van der Waals surface area contributed by atoms with Crippen LogP contribution in [0.3, 0.4) is 0 Å². The van der Waals surface area contributed by atoms with E-state index < -0.39 is 11.5 Å². The van der Waals surface area contributed by atoms with Gasteiger partial charge in [0.1, 0.15) is 11.4 Å². The third kappa shape index (κ3) is 2.50. The van der Waals surface area contributed by atoms with Crippen LogP contribution >= 0.6 is 0 Å². The molecule has 5 rings (SSSR count). The fourth-order valence-corrected chi connectivity index (χ4v) is 3.60. The molecule has 0 saturated heterocycles. The lowest BCUT2D eigenvalue weighted by atomic mass is 10.1. The van der Waals surface area contributed by atoms with Gasteiger partial charge in [-0.25, -0.2) is 18.7 Å². The third-order valence-corrected chi connectivity index (χ3v) is 5.03. The molecular weight excluding hydrogens is 389 g/mol. The molecule has 4 heterocycles. The Morgan fingerprint density at radius 3 is 2.67 bits per heavy atom. The van der Waals surface area contributed by atoms with E-state index in [0.717, 1.165) is 0 Å². The first kappa shape index (κ1) is 18.0. The van der Waals surface area contributed by atoms with Gasteiger partial charge in [-0.3, -0.25) is 9.55 Å². The van der Waals surface area contributed by atoms with Crippen LogP contribution in [-0.2, 0) is 14.1 Å². The quantitative estimate of drug-likeness (QED) is 0.457. The van der Waals surface area contributed by atoms with Crippen molar-refractivity contribution in [1.29, 1.82) is 0 Å². The van der Waals surface area contributed by atoms with Crippen molar-refractivity contribution in [2.45, 2.75) is 0 Å². The normalized spacial score (nSPS) is 11.5. The van der Waals surface area contributed by atoms with Crippen LogP contribution in [0.4, 0.5) is 4.39 Å². The Morgan fingerprint density at radius 1 is 1.13 bits per heavy atom. The third-order valence-electron chi connectivity index (χ3n) is 5.03. The number of hydrogen-bond acceptors (Lipinski definition) is 6. The number of benzene rings is 1. The number of aryl methyl sites for hydroxylation is 2. The molecule has 0 aliphatic rings. The summed E-state index contributed by atoms with van der Waals surface area (Å²) in [6, 6.07) is 6.33. The fraction of sp³-hybridized carbons (Fsp3) is 0.150. The van der Waals surface area contributed by atoms with Gasteiger partial charge in [0.05, 0.1) is 36.1 Å². The second-order valence-electron chi connectivity index (χ2n) is 6.77. The number of methoxy groups -OCH3 is 1. The van der Waals surface area contributed by atoms with Crippen LogP contribution in [0.15, 0.2) is 47.7 Å². The van der Waals surface area contributed by atoms with Gasteiger partial charge in [0.25, 0.3) is 0 Å². The number of halogens is 1. The number of ether oxygens (including phenoxy) is 1. The Labute approximate surface area is 169 Å². The van der Waals surface area contributed by atoms with Gasteiger partial charge in [0.2, 0.25) is 0 Å². The largest absolute Gasteiger partial charge is 0.496 e. The molecule has 0 aliphatic heterocycles. The first-order chi connectivity index (χ1) is 14.5. The van der Waals surface area contributed by atoms with Crippen molar-refractivity contribution in [1.82, 2.24) is 34.1 Å². The van der Waals surface area contributed by atoms with Gasteiger partial charge in [-0.2, -0.15) is 15.0 Å². The summed E-state index contributed by atoms with van der Waals surface area (Å²) in [7, 11) is 4.89. The predicted octanol–water partition coefficient (Wildman–Crippen LogP) is 2.22. The lowest BCUT2D eigenvalue weighted by Crippen LogP contribution is -2.22. The van der Waals surface area contributed by atoms with Gasteiger partial charge >= 0.3 is 5.69 Å². The summed E-state index contributed by atoms with van der Waals surface area (Å²) in [6.45, 7) is 0. The molecular formula is C20H16FN7O2. The Bertz CT molecular complexity index is 1500. The van der Waals surface area contributed by atoms with Crippen molar-refractivity contribution in [3.8, 4) is 22.8 Å². The second kappa shape index (κ2) is 6.48. The molecule has 0 bridgehead atoms. The van der Waals surface area contributed by atoms with Gasteiger partial charge in [-0.1, -0.05) is 0 Å².